The van der Waals surface area contributed by atoms with E-state index in [2.05, 4.69) is 5.32 Å². The summed E-state index contributed by atoms with van der Waals surface area (Å²) in [6.45, 7) is 0.873. The van der Waals surface area contributed by atoms with Crippen molar-refractivity contribution in [1.29, 1.82) is 0 Å². The molecule has 5 rings (SSSR count). The zero-order valence-electron chi connectivity index (χ0n) is 19.8. The Hall–Kier alpha value is -4.27. The molecular weight excluding hydrogens is 462 g/mol. The van der Waals surface area contributed by atoms with Crippen molar-refractivity contribution in [2.45, 2.75) is 31.7 Å². The molecule has 0 aliphatic carbocycles. The van der Waals surface area contributed by atoms with Gasteiger partial charge in [0.1, 0.15) is 11.8 Å². The Labute approximate surface area is 207 Å². The largest absolute Gasteiger partial charge is 0.497 e. The molecule has 0 aromatic heterocycles. The fourth-order valence-corrected chi connectivity index (χ4v) is 4.99. The average molecular weight is 488 g/mol. The summed E-state index contributed by atoms with van der Waals surface area (Å²) in [5.74, 6) is -1.41. The summed E-state index contributed by atoms with van der Waals surface area (Å²) >= 11 is 0. The first-order chi connectivity index (χ1) is 17.4. The Morgan fingerprint density at radius 2 is 1.81 bits per heavy atom. The number of rotatable bonds is 5. The Balaban J connectivity index is 1.34. The van der Waals surface area contributed by atoms with E-state index >= 15 is 0 Å². The third kappa shape index (κ3) is 4.17. The van der Waals surface area contributed by atoms with Crippen LogP contribution < -0.4 is 10.1 Å². The lowest BCUT2D eigenvalue weighted by molar-refractivity contribution is -0.136. The number of hydrogen-bond acceptors (Lipinski definition) is 6. The molecule has 0 saturated carbocycles. The number of carbonyl (C=O) groups is 5. The van der Waals surface area contributed by atoms with Crippen molar-refractivity contribution in [2.24, 2.45) is 0 Å². The summed E-state index contributed by atoms with van der Waals surface area (Å²) in [7, 11) is 1.58. The van der Waals surface area contributed by atoms with E-state index in [0.717, 1.165) is 16.0 Å². The fraction of sp³-hybridized carbons (Fsp3) is 0.296. The summed E-state index contributed by atoms with van der Waals surface area (Å²) < 4.78 is 5.23. The first kappa shape index (κ1) is 23.5. The van der Waals surface area contributed by atoms with Crippen molar-refractivity contribution in [1.82, 2.24) is 15.1 Å². The van der Waals surface area contributed by atoms with Gasteiger partial charge in [-0.05, 0) is 47.7 Å². The lowest BCUT2D eigenvalue weighted by atomic mass is 9.92. The quantitative estimate of drug-likeness (QED) is 0.645. The Morgan fingerprint density at radius 1 is 1.03 bits per heavy atom. The molecule has 0 bridgehead atoms. The average Bonchev–Trinajstić information content (AvgIpc) is 3.14. The fourth-order valence-electron chi connectivity index (χ4n) is 4.99. The zero-order valence-corrected chi connectivity index (χ0v) is 19.8. The van der Waals surface area contributed by atoms with Gasteiger partial charge in [0, 0.05) is 19.5 Å². The second kappa shape index (κ2) is 9.41. The van der Waals surface area contributed by atoms with Gasteiger partial charge >= 0.3 is 0 Å². The molecule has 9 heteroatoms. The molecule has 9 nitrogen and oxygen atoms in total. The number of nitrogens with one attached hydrogen (secondary N) is 1. The smallest absolute Gasteiger partial charge is 0.262 e. The van der Waals surface area contributed by atoms with Crippen LogP contribution in [0.25, 0.3) is 5.57 Å². The Kier molecular flexibility index (Phi) is 6.13. The van der Waals surface area contributed by atoms with Crippen LogP contribution in [0.2, 0.25) is 0 Å². The molecule has 2 aromatic carbocycles. The molecule has 3 aliphatic heterocycles. The maximum Gasteiger partial charge on any atom is 0.262 e. The van der Waals surface area contributed by atoms with Crippen LogP contribution in [0.3, 0.4) is 0 Å². The van der Waals surface area contributed by atoms with Gasteiger partial charge < -0.3 is 9.64 Å². The Bertz CT molecular complexity index is 1330. The number of carbonyl (C=O) groups excluding carboxylic acids is 5. The number of methoxy groups -OCH3 is 1. The molecule has 0 radical (unpaired) electrons. The third-order valence-corrected chi connectivity index (χ3v) is 6.87. The first-order valence-electron chi connectivity index (χ1n) is 11.8. The summed E-state index contributed by atoms with van der Waals surface area (Å²) in [5, 5.41) is 2.21. The van der Waals surface area contributed by atoms with Crippen molar-refractivity contribution in [3.63, 3.8) is 0 Å². The van der Waals surface area contributed by atoms with Gasteiger partial charge in [0.15, 0.2) is 0 Å². The molecule has 184 valence electrons. The van der Waals surface area contributed by atoms with E-state index in [1.807, 2.05) is 30.3 Å². The normalized spacial score (nSPS) is 19.7. The van der Waals surface area contributed by atoms with Crippen LogP contribution in [0.4, 0.5) is 0 Å². The molecule has 0 spiro atoms. The van der Waals surface area contributed by atoms with Crippen molar-refractivity contribution >= 4 is 35.1 Å². The van der Waals surface area contributed by atoms with Gasteiger partial charge in [-0.2, -0.15) is 0 Å². The predicted octanol–water partition coefficient (Wildman–Crippen LogP) is 1.95. The van der Waals surface area contributed by atoms with Gasteiger partial charge in [-0.1, -0.05) is 30.3 Å². The maximum atomic E-state index is 13.4. The zero-order chi connectivity index (χ0) is 25.4. The number of benzene rings is 2. The van der Waals surface area contributed by atoms with Crippen molar-refractivity contribution in [3.05, 3.63) is 70.8 Å². The molecule has 5 amide bonds. The second-order valence-corrected chi connectivity index (χ2v) is 9.02. The number of ether oxygens (including phenoxy) is 1. The molecule has 1 unspecified atom stereocenters. The second-order valence-electron chi connectivity index (χ2n) is 9.02. The molecule has 2 aromatic rings. The summed E-state index contributed by atoms with van der Waals surface area (Å²) in [6, 6.07) is 11.5. The highest BCUT2D eigenvalue weighted by Crippen LogP contribution is 2.34. The summed E-state index contributed by atoms with van der Waals surface area (Å²) in [5.41, 5.74) is 2.91. The van der Waals surface area contributed by atoms with Crippen molar-refractivity contribution < 1.29 is 28.7 Å². The number of hydrogen-bond donors (Lipinski definition) is 1. The molecule has 36 heavy (non-hydrogen) atoms. The van der Waals surface area contributed by atoms with Gasteiger partial charge in [0.05, 0.1) is 24.7 Å². The van der Waals surface area contributed by atoms with Crippen LogP contribution >= 0.6 is 0 Å². The minimum absolute atomic E-state index is 0.00729. The summed E-state index contributed by atoms with van der Waals surface area (Å²) in [6.07, 6.45) is 2.88. The summed E-state index contributed by atoms with van der Waals surface area (Å²) in [4.78, 5) is 65.9. The van der Waals surface area contributed by atoms with Gasteiger partial charge in [-0.3, -0.25) is 34.2 Å². The van der Waals surface area contributed by atoms with Crippen molar-refractivity contribution in [2.75, 3.05) is 20.2 Å². The van der Waals surface area contributed by atoms with Gasteiger partial charge in [0.2, 0.25) is 17.7 Å². The van der Waals surface area contributed by atoms with E-state index in [9.17, 15) is 24.0 Å². The molecule has 3 heterocycles. The minimum Gasteiger partial charge on any atom is -0.497 e. The predicted molar refractivity (Wildman–Crippen MR) is 129 cm³/mol. The van der Waals surface area contributed by atoms with E-state index < -0.39 is 29.7 Å². The monoisotopic (exact) mass is 487 g/mol. The number of imide groups is 2. The van der Waals surface area contributed by atoms with Crippen LogP contribution in [0, 0.1) is 0 Å². The molecule has 1 saturated heterocycles. The third-order valence-electron chi connectivity index (χ3n) is 6.87. The lowest BCUT2D eigenvalue weighted by Gasteiger charge is -2.28. The van der Waals surface area contributed by atoms with E-state index in [0.29, 0.717) is 30.8 Å². The van der Waals surface area contributed by atoms with E-state index in [1.54, 1.807) is 30.2 Å². The number of fused-ring (bicyclic) bond motifs is 1. The number of amides is 5. The molecular formula is C27H25N3O6. The molecule has 3 aliphatic rings. The SMILES string of the molecule is COc1cccc(CC(=O)N2CC=C(c3cccc4c3C(=O)N(C3CCC(=O)NC3=O)C4=O)CC2)c1. The lowest BCUT2D eigenvalue weighted by Crippen LogP contribution is -2.54. The van der Waals surface area contributed by atoms with Gasteiger partial charge in [0.25, 0.3) is 11.8 Å². The topological polar surface area (TPSA) is 113 Å². The molecule has 1 fully saturated rings. The molecule has 1 N–H and O–H groups in total. The van der Waals surface area contributed by atoms with Crippen molar-refractivity contribution in [3.8, 4) is 5.75 Å². The van der Waals surface area contributed by atoms with Crippen LogP contribution in [0.15, 0.2) is 48.5 Å². The Morgan fingerprint density at radius 3 is 2.53 bits per heavy atom. The highest BCUT2D eigenvalue weighted by Gasteiger charge is 2.45. The van der Waals surface area contributed by atoms with E-state index in [1.165, 1.54) is 0 Å². The van der Waals surface area contributed by atoms with Gasteiger partial charge in [-0.25, -0.2) is 0 Å². The highest BCUT2D eigenvalue weighted by molar-refractivity contribution is 6.25. The van der Waals surface area contributed by atoms with E-state index in [4.69, 9.17) is 4.74 Å². The maximum absolute atomic E-state index is 13.4. The first-order valence-corrected chi connectivity index (χ1v) is 11.8. The van der Waals surface area contributed by atoms with E-state index in [-0.39, 0.29) is 36.3 Å². The number of nitrogens with zero attached hydrogens (tertiary/aromatic N) is 2. The van der Waals surface area contributed by atoms with Gasteiger partial charge in [-0.15, -0.1) is 0 Å². The minimum atomic E-state index is -1.01. The standard InChI is InChI=1S/C27H25N3O6/c1-36-18-5-2-4-16(14-18)15-23(32)29-12-10-17(11-13-29)19-6-3-7-20-24(19)27(35)30(26(20)34)21-8-9-22(31)28-25(21)33/h2-7,10,14,21H,8-9,11-13,15H2,1H3,(H,28,31,33). The van der Waals surface area contributed by atoms with Crippen LogP contribution in [0.5, 0.6) is 5.75 Å². The van der Waals surface area contributed by atoms with Crippen LogP contribution in [-0.2, 0) is 20.8 Å². The number of piperidine rings is 1. The molecule has 1 atom stereocenters. The van der Waals surface area contributed by atoms with Crippen LogP contribution in [-0.4, -0.2) is 65.6 Å². The van der Waals surface area contributed by atoms with Crippen LogP contribution in [0.1, 0.15) is 51.1 Å². The highest BCUT2D eigenvalue weighted by atomic mass is 16.5.